The lowest BCUT2D eigenvalue weighted by atomic mass is 9.97. The first-order valence-electron chi connectivity index (χ1n) is 9.91. The summed E-state index contributed by atoms with van der Waals surface area (Å²) in [6.07, 6.45) is 1.61. The van der Waals surface area contributed by atoms with E-state index in [9.17, 15) is 4.79 Å². The number of methoxy groups -OCH3 is 1. The highest BCUT2D eigenvalue weighted by Crippen LogP contribution is 2.29. The van der Waals surface area contributed by atoms with E-state index in [1.165, 1.54) is 23.8 Å². The number of benzene rings is 2. The van der Waals surface area contributed by atoms with E-state index in [1.54, 1.807) is 0 Å². The summed E-state index contributed by atoms with van der Waals surface area (Å²) in [5.74, 6) is 0.895. The summed E-state index contributed by atoms with van der Waals surface area (Å²) in [6, 6.07) is 14.9. The normalized spacial score (nSPS) is 15.2. The van der Waals surface area contributed by atoms with Gasteiger partial charge >= 0.3 is 5.97 Å². The van der Waals surface area contributed by atoms with Crippen LogP contribution < -0.4 is 4.90 Å². The predicted octanol–water partition coefficient (Wildman–Crippen LogP) is 4.09. The Balaban J connectivity index is 1.68. The van der Waals surface area contributed by atoms with Crippen molar-refractivity contribution in [2.24, 2.45) is 5.92 Å². The molecule has 146 valence electrons. The summed E-state index contributed by atoms with van der Waals surface area (Å²) in [5, 5.41) is 0. The van der Waals surface area contributed by atoms with Crippen LogP contribution in [0.3, 0.4) is 0 Å². The van der Waals surface area contributed by atoms with Crippen LogP contribution in [0.5, 0.6) is 0 Å². The Morgan fingerprint density at radius 2 is 1.89 bits per heavy atom. The Hall–Kier alpha value is -2.82. The number of esters is 1. The number of ether oxygens (including phenoxy) is 1. The third-order valence-corrected chi connectivity index (χ3v) is 5.78. The Morgan fingerprint density at radius 1 is 1.14 bits per heavy atom. The number of fused-ring (bicyclic) bond motifs is 1. The van der Waals surface area contributed by atoms with Gasteiger partial charge in [0.15, 0.2) is 0 Å². The molecule has 2 aromatic carbocycles. The van der Waals surface area contributed by atoms with E-state index in [4.69, 9.17) is 9.72 Å². The van der Waals surface area contributed by atoms with E-state index in [2.05, 4.69) is 59.7 Å². The fraction of sp³-hybridized carbons (Fsp3) is 0.391. The Labute approximate surface area is 165 Å². The van der Waals surface area contributed by atoms with Gasteiger partial charge < -0.3 is 14.2 Å². The number of piperidine rings is 1. The van der Waals surface area contributed by atoms with Crippen molar-refractivity contribution in [3.63, 3.8) is 0 Å². The van der Waals surface area contributed by atoms with Gasteiger partial charge in [-0.25, -0.2) is 4.98 Å². The first-order valence-corrected chi connectivity index (χ1v) is 9.91. The van der Waals surface area contributed by atoms with Crippen molar-refractivity contribution in [3.8, 4) is 0 Å². The molecule has 1 saturated heterocycles. The van der Waals surface area contributed by atoms with Gasteiger partial charge in [0.2, 0.25) is 5.95 Å². The maximum Gasteiger partial charge on any atom is 0.308 e. The molecule has 0 saturated carbocycles. The van der Waals surface area contributed by atoms with Crippen molar-refractivity contribution in [1.82, 2.24) is 9.55 Å². The molecule has 2 heterocycles. The molecule has 0 N–H and O–H groups in total. The number of carbonyl (C=O) groups excluding carboxylic acids is 1. The molecule has 5 heteroatoms. The average molecular weight is 377 g/mol. The molecule has 0 bridgehead atoms. The van der Waals surface area contributed by atoms with Gasteiger partial charge in [-0.15, -0.1) is 0 Å². The lowest BCUT2D eigenvalue weighted by Gasteiger charge is -2.32. The summed E-state index contributed by atoms with van der Waals surface area (Å²) in [6.45, 7) is 6.72. The molecule has 3 aromatic rings. The van der Waals surface area contributed by atoms with Crippen LogP contribution in [0.1, 0.15) is 29.5 Å². The van der Waals surface area contributed by atoms with Gasteiger partial charge in [0.25, 0.3) is 0 Å². The molecular formula is C23H27N3O2. The summed E-state index contributed by atoms with van der Waals surface area (Å²) < 4.78 is 7.24. The Bertz CT molecular complexity index is 1000. The van der Waals surface area contributed by atoms with Crippen LogP contribution in [-0.2, 0) is 16.1 Å². The average Bonchev–Trinajstić information content (AvgIpc) is 3.09. The number of hydrogen-bond donors (Lipinski definition) is 0. The molecule has 0 radical (unpaired) electrons. The topological polar surface area (TPSA) is 47.4 Å². The van der Waals surface area contributed by atoms with Gasteiger partial charge in [-0.1, -0.05) is 35.9 Å². The lowest BCUT2D eigenvalue weighted by Crippen LogP contribution is -2.38. The monoisotopic (exact) mass is 377 g/mol. The summed E-state index contributed by atoms with van der Waals surface area (Å²) in [4.78, 5) is 19.1. The quantitative estimate of drug-likeness (QED) is 0.643. The van der Waals surface area contributed by atoms with E-state index in [1.807, 2.05) is 6.07 Å². The molecule has 1 fully saturated rings. The molecule has 0 unspecified atom stereocenters. The molecular weight excluding hydrogens is 350 g/mol. The number of rotatable bonds is 4. The molecule has 0 aliphatic carbocycles. The standard InChI is InChI=1S/C23H27N3O2/c1-16-8-9-17(2)19(14-16)15-26-21-7-5-4-6-20(21)24-23(26)25-12-10-18(11-13-25)22(27)28-3/h4-9,14,18H,10-13,15H2,1-3H3. The minimum absolute atomic E-state index is 0.00176. The third kappa shape index (κ3) is 3.49. The van der Waals surface area contributed by atoms with Crippen LogP contribution >= 0.6 is 0 Å². The smallest absolute Gasteiger partial charge is 0.308 e. The number of nitrogens with zero attached hydrogens (tertiary/aromatic N) is 3. The van der Waals surface area contributed by atoms with Gasteiger partial charge in [-0.2, -0.15) is 0 Å². The van der Waals surface area contributed by atoms with Crippen LogP contribution in [-0.4, -0.2) is 35.7 Å². The zero-order valence-electron chi connectivity index (χ0n) is 16.8. The highest BCUT2D eigenvalue weighted by molar-refractivity contribution is 5.79. The van der Waals surface area contributed by atoms with Crippen LogP contribution in [0, 0.1) is 19.8 Å². The summed E-state index contributed by atoms with van der Waals surface area (Å²) >= 11 is 0. The van der Waals surface area contributed by atoms with Crippen molar-refractivity contribution in [2.75, 3.05) is 25.1 Å². The van der Waals surface area contributed by atoms with Gasteiger partial charge in [-0.3, -0.25) is 4.79 Å². The van der Waals surface area contributed by atoms with Gasteiger partial charge in [0.05, 0.1) is 30.6 Å². The molecule has 0 amide bonds. The molecule has 1 aliphatic rings. The maximum atomic E-state index is 11.9. The number of aromatic nitrogens is 2. The second-order valence-electron chi connectivity index (χ2n) is 7.70. The van der Waals surface area contributed by atoms with Crippen LogP contribution in [0.2, 0.25) is 0 Å². The highest BCUT2D eigenvalue weighted by atomic mass is 16.5. The first-order chi connectivity index (χ1) is 13.6. The van der Waals surface area contributed by atoms with Crippen LogP contribution in [0.4, 0.5) is 5.95 Å². The van der Waals surface area contributed by atoms with Crippen LogP contribution in [0.15, 0.2) is 42.5 Å². The maximum absolute atomic E-state index is 11.9. The molecule has 28 heavy (non-hydrogen) atoms. The molecule has 1 aromatic heterocycles. The highest BCUT2D eigenvalue weighted by Gasteiger charge is 2.28. The SMILES string of the molecule is COC(=O)C1CCN(c2nc3ccccc3n2Cc2cc(C)ccc2C)CC1. The van der Waals surface area contributed by atoms with E-state index >= 15 is 0 Å². The number of para-hydroxylation sites is 2. The largest absolute Gasteiger partial charge is 0.469 e. The molecule has 5 nitrogen and oxygen atoms in total. The first kappa shape index (κ1) is 18.5. The van der Waals surface area contributed by atoms with E-state index in [0.29, 0.717) is 0 Å². The fourth-order valence-corrected chi connectivity index (χ4v) is 4.08. The third-order valence-electron chi connectivity index (χ3n) is 5.78. The van der Waals surface area contributed by atoms with Gasteiger partial charge in [0.1, 0.15) is 0 Å². The molecule has 0 spiro atoms. The Kier molecular flexibility index (Phi) is 5.07. The van der Waals surface area contributed by atoms with Crippen molar-refractivity contribution < 1.29 is 9.53 Å². The minimum Gasteiger partial charge on any atom is -0.469 e. The molecule has 4 rings (SSSR count). The van der Waals surface area contributed by atoms with E-state index in [0.717, 1.165) is 49.5 Å². The number of aryl methyl sites for hydroxylation is 2. The molecule has 0 atom stereocenters. The zero-order valence-corrected chi connectivity index (χ0v) is 16.8. The van der Waals surface area contributed by atoms with Gasteiger partial charge in [-0.05, 0) is 49.9 Å². The second-order valence-corrected chi connectivity index (χ2v) is 7.70. The van der Waals surface area contributed by atoms with Crippen molar-refractivity contribution in [2.45, 2.75) is 33.2 Å². The number of anilines is 1. The predicted molar refractivity (Wildman–Crippen MR) is 112 cm³/mol. The summed E-state index contributed by atoms with van der Waals surface area (Å²) in [7, 11) is 1.47. The second kappa shape index (κ2) is 7.66. The van der Waals surface area contributed by atoms with Crippen molar-refractivity contribution in [1.29, 1.82) is 0 Å². The van der Waals surface area contributed by atoms with Gasteiger partial charge in [0, 0.05) is 13.1 Å². The number of imidazole rings is 1. The minimum atomic E-state index is -0.0939. The van der Waals surface area contributed by atoms with Crippen LogP contribution in [0.25, 0.3) is 11.0 Å². The van der Waals surface area contributed by atoms with E-state index in [-0.39, 0.29) is 11.9 Å². The lowest BCUT2D eigenvalue weighted by molar-refractivity contribution is -0.146. The zero-order chi connectivity index (χ0) is 19.7. The number of hydrogen-bond acceptors (Lipinski definition) is 4. The van der Waals surface area contributed by atoms with Crippen molar-refractivity contribution in [3.05, 3.63) is 59.2 Å². The fourth-order valence-electron chi connectivity index (χ4n) is 4.08. The molecule has 1 aliphatic heterocycles. The Morgan fingerprint density at radius 3 is 2.64 bits per heavy atom. The number of carbonyl (C=O) groups is 1. The van der Waals surface area contributed by atoms with E-state index < -0.39 is 0 Å². The van der Waals surface area contributed by atoms with Crippen molar-refractivity contribution >= 4 is 23.0 Å². The summed E-state index contributed by atoms with van der Waals surface area (Å²) in [5.41, 5.74) is 6.03.